The van der Waals surface area contributed by atoms with E-state index < -0.39 is 10.0 Å². The molecule has 0 aliphatic carbocycles. The summed E-state index contributed by atoms with van der Waals surface area (Å²) in [4.78, 5) is 12.7. The van der Waals surface area contributed by atoms with Crippen molar-refractivity contribution in [3.05, 3.63) is 40.1 Å². The zero-order valence-electron chi connectivity index (χ0n) is 11.9. The molecule has 3 rings (SSSR count). The summed E-state index contributed by atoms with van der Waals surface area (Å²) in [5.74, 6) is 0.796. The van der Waals surface area contributed by atoms with Crippen molar-refractivity contribution in [2.75, 3.05) is 13.2 Å². The molecule has 0 saturated carbocycles. The summed E-state index contributed by atoms with van der Waals surface area (Å²) in [5, 5.41) is 9.54. The summed E-state index contributed by atoms with van der Waals surface area (Å²) in [6.45, 7) is 1.15. The largest absolute Gasteiger partial charge is 0.485 e. The number of ether oxygens (including phenoxy) is 2. The zero-order chi connectivity index (χ0) is 16.4. The predicted molar refractivity (Wildman–Crippen MR) is 84.3 cm³/mol. The summed E-state index contributed by atoms with van der Waals surface area (Å²) in [7, 11) is -3.71. The normalized spacial score (nSPS) is 13.6. The Morgan fingerprint density at radius 1 is 1.22 bits per heavy atom. The van der Waals surface area contributed by atoms with Crippen LogP contribution in [0.5, 0.6) is 11.5 Å². The summed E-state index contributed by atoms with van der Waals surface area (Å²) >= 11 is 1.26. The van der Waals surface area contributed by atoms with Crippen LogP contribution < -0.4 is 19.9 Å². The highest BCUT2D eigenvalue weighted by molar-refractivity contribution is 7.89. The van der Waals surface area contributed by atoms with Crippen LogP contribution in [0.25, 0.3) is 0 Å². The third-order valence-corrected chi connectivity index (χ3v) is 5.08. The monoisotopic (exact) mass is 354 g/mol. The molecule has 0 spiro atoms. The molecular formula is C14H14N2O5S2. The molecule has 0 bridgehead atoms. The lowest BCUT2D eigenvalue weighted by Gasteiger charge is -2.15. The lowest BCUT2D eigenvalue weighted by Crippen LogP contribution is -2.23. The first-order valence-electron chi connectivity index (χ1n) is 6.72. The average Bonchev–Trinajstić information content (AvgIpc) is 2.96. The van der Waals surface area contributed by atoms with Gasteiger partial charge in [-0.05, 0) is 17.7 Å². The van der Waals surface area contributed by atoms with Crippen LogP contribution in [-0.4, -0.2) is 27.5 Å². The van der Waals surface area contributed by atoms with E-state index in [1.807, 2.05) is 0 Å². The highest BCUT2D eigenvalue weighted by Gasteiger charge is 2.23. The van der Waals surface area contributed by atoms with Gasteiger partial charge in [0.15, 0.2) is 11.5 Å². The van der Waals surface area contributed by atoms with Gasteiger partial charge >= 0.3 is 0 Å². The molecule has 1 aliphatic heterocycles. The van der Waals surface area contributed by atoms with Gasteiger partial charge in [-0.2, -0.15) is 0 Å². The quantitative estimate of drug-likeness (QED) is 0.855. The highest BCUT2D eigenvalue weighted by atomic mass is 32.2. The fourth-order valence-corrected chi connectivity index (χ4v) is 3.44. The van der Waals surface area contributed by atoms with Gasteiger partial charge in [0.2, 0.25) is 10.0 Å². The van der Waals surface area contributed by atoms with Crippen LogP contribution in [0.1, 0.15) is 15.2 Å². The molecule has 9 heteroatoms. The number of primary sulfonamides is 1. The van der Waals surface area contributed by atoms with E-state index in [-0.39, 0.29) is 17.3 Å². The molecular weight excluding hydrogens is 340 g/mol. The van der Waals surface area contributed by atoms with Crippen LogP contribution in [-0.2, 0) is 16.6 Å². The fraction of sp³-hybridized carbons (Fsp3) is 0.214. The maximum absolute atomic E-state index is 12.2. The van der Waals surface area contributed by atoms with Gasteiger partial charge in [0.05, 0.1) is 4.90 Å². The summed E-state index contributed by atoms with van der Waals surface area (Å²) in [6, 6.07) is 6.01. The van der Waals surface area contributed by atoms with Gasteiger partial charge in [-0.1, -0.05) is 12.1 Å². The smallest absolute Gasteiger partial charge is 0.265 e. The second kappa shape index (κ2) is 6.19. The Hall–Kier alpha value is -2.10. The Labute approximate surface area is 137 Å². The van der Waals surface area contributed by atoms with E-state index in [2.05, 4.69) is 5.32 Å². The number of nitrogens with two attached hydrogens (primary N) is 1. The van der Waals surface area contributed by atoms with Crippen molar-refractivity contribution < 1.29 is 22.7 Å². The van der Waals surface area contributed by atoms with E-state index in [4.69, 9.17) is 14.6 Å². The van der Waals surface area contributed by atoms with Gasteiger partial charge in [0.25, 0.3) is 5.91 Å². The number of rotatable bonds is 4. The third kappa shape index (κ3) is 3.46. The molecule has 0 radical (unpaired) electrons. The minimum atomic E-state index is -3.71. The van der Waals surface area contributed by atoms with Crippen LogP contribution in [0.15, 0.2) is 34.5 Å². The molecule has 23 heavy (non-hydrogen) atoms. The van der Waals surface area contributed by atoms with Crippen LogP contribution in [0.2, 0.25) is 0 Å². The van der Waals surface area contributed by atoms with E-state index in [9.17, 15) is 13.2 Å². The summed E-state index contributed by atoms with van der Waals surface area (Å²) in [6.07, 6.45) is 0. The van der Waals surface area contributed by atoms with Crippen molar-refractivity contribution in [3.63, 3.8) is 0 Å². The number of amides is 1. The molecule has 2 heterocycles. The number of benzene rings is 1. The van der Waals surface area contributed by atoms with Crippen molar-refractivity contribution in [1.82, 2.24) is 5.32 Å². The van der Waals surface area contributed by atoms with Gasteiger partial charge in [-0.15, -0.1) is 11.3 Å². The zero-order valence-corrected chi connectivity index (χ0v) is 13.6. The molecule has 0 saturated heterocycles. The fourth-order valence-electron chi connectivity index (χ4n) is 2.08. The lowest BCUT2D eigenvalue weighted by atomic mass is 10.2. The molecule has 2 aromatic rings. The van der Waals surface area contributed by atoms with E-state index in [0.717, 1.165) is 5.56 Å². The standard InChI is InChI=1S/C14H14N2O5S2/c15-23(18,19)10-3-1-9(2-4-10)7-16-14(17)13-12-11(8-22-13)20-5-6-21-12/h1-4,8H,5-7H2,(H,16,17)(H2,15,18,19). The van der Waals surface area contributed by atoms with Crippen molar-refractivity contribution in [1.29, 1.82) is 0 Å². The van der Waals surface area contributed by atoms with Gasteiger partial charge < -0.3 is 14.8 Å². The molecule has 0 unspecified atom stereocenters. The van der Waals surface area contributed by atoms with Crippen molar-refractivity contribution >= 4 is 27.3 Å². The predicted octanol–water partition coefficient (Wildman–Crippen LogP) is 1.10. The SMILES string of the molecule is NS(=O)(=O)c1ccc(CNC(=O)c2scc3c2OCCO3)cc1. The van der Waals surface area contributed by atoms with Crippen molar-refractivity contribution in [2.24, 2.45) is 5.14 Å². The molecule has 3 N–H and O–H groups in total. The number of fused-ring (bicyclic) bond motifs is 1. The highest BCUT2D eigenvalue weighted by Crippen LogP contribution is 2.39. The molecule has 1 aromatic carbocycles. The van der Waals surface area contributed by atoms with Crippen LogP contribution >= 0.6 is 11.3 Å². The maximum Gasteiger partial charge on any atom is 0.265 e. The van der Waals surface area contributed by atoms with E-state index in [0.29, 0.717) is 29.6 Å². The lowest BCUT2D eigenvalue weighted by molar-refractivity contribution is 0.0946. The minimum absolute atomic E-state index is 0.0328. The van der Waals surface area contributed by atoms with E-state index >= 15 is 0 Å². The number of thiophene rings is 1. The second-order valence-corrected chi connectivity index (χ2v) is 7.27. The minimum Gasteiger partial charge on any atom is -0.485 e. The van der Waals surface area contributed by atoms with Gasteiger partial charge in [0, 0.05) is 11.9 Å². The number of hydrogen-bond acceptors (Lipinski definition) is 6. The Bertz CT molecular complexity index is 827. The van der Waals surface area contributed by atoms with Crippen LogP contribution in [0.3, 0.4) is 0 Å². The Kier molecular flexibility index (Phi) is 4.24. The van der Waals surface area contributed by atoms with Crippen molar-refractivity contribution in [3.8, 4) is 11.5 Å². The average molecular weight is 354 g/mol. The van der Waals surface area contributed by atoms with E-state index in [1.54, 1.807) is 17.5 Å². The number of sulfonamides is 1. The van der Waals surface area contributed by atoms with E-state index in [1.165, 1.54) is 23.5 Å². The number of carbonyl (C=O) groups is 1. The number of nitrogens with one attached hydrogen (secondary N) is 1. The number of hydrogen-bond donors (Lipinski definition) is 2. The summed E-state index contributed by atoms with van der Waals surface area (Å²) in [5.41, 5.74) is 0.758. The topological polar surface area (TPSA) is 108 Å². The molecule has 1 aliphatic rings. The van der Waals surface area contributed by atoms with Gasteiger partial charge in [0.1, 0.15) is 18.1 Å². The number of carbonyl (C=O) groups excluding carboxylic acids is 1. The van der Waals surface area contributed by atoms with Crippen LogP contribution in [0, 0.1) is 0 Å². The first kappa shape index (κ1) is 15.8. The Morgan fingerprint density at radius 2 is 1.91 bits per heavy atom. The molecule has 122 valence electrons. The van der Waals surface area contributed by atoms with Gasteiger partial charge in [-0.3, -0.25) is 4.79 Å². The molecule has 1 amide bonds. The second-order valence-electron chi connectivity index (χ2n) is 4.83. The molecule has 0 fully saturated rings. The molecule has 7 nitrogen and oxygen atoms in total. The Morgan fingerprint density at radius 3 is 2.61 bits per heavy atom. The summed E-state index contributed by atoms with van der Waals surface area (Å²) < 4.78 is 33.2. The third-order valence-electron chi connectivity index (χ3n) is 3.21. The van der Waals surface area contributed by atoms with Gasteiger partial charge in [-0.25, -0.2) is 13.6 Å². The molecule has 0 atom stereocenters. The Balaban J connectivity index is 1.66. The molecule has 1 aromatic heterocycles. The van der Waals surface area contributed by atoms with Crippen molar-refractivity contribution in [2.45, 2.75) is 11.4 Å². The maximum atomic E-state index is 12.2. The van der Waals surface area contributed by atoms with Crippen LogP contribution in [0.4, 0.5) is 0 Å². The first-order chi connectivity index (χ1) is 10.9. The first-order valence-corrected chi connectivity index (χ1v) is 9.15.